The van der Waals surface area contributed by atoms with Crippen LogP contribution in [0.2, 0.25) is 0 Å². The zero-order valence-corrected chi connectivity index (χ0v) is 12.2. The quantitative estimate of drug-likeness (QED) is 0.797. The Bertz CT molecular complexity index is 501. The lowest BCUT2D eigenvalue weighted by Crippen LogP contribution is -2.51. The molecular formula is C15H21N3O3. The maximum Gasteiger partial charge on any atom is 0.251 e. The summed E-state index contributed by atoms with van der Waals surface area (Å²) in [6.07, 6.45) is 0.845. The number of carbonyl (C=O) groups is 2. The minimum absolute atomic E-state index is 0.000288. The summed E-state index contributed by atoms with van der Waals surface area (Å²) in [5.41, 5.74) is 6.66. The first kappa shape index (κ1) is 15.3. The zero-order valence-electron chi connectivity index (χ0n) is 12.2. The fraction of sp³-hybridized carbons (Fsp3) is 0.467. The molecule has 1 atom stereocenters. The van der Waals surface area contributed by atoms with Crippen LogP contribution in [0.3, 0.4) is 0 Å². The molecule has 0 aliphatic carbocycles. The van der Waals surface area contributed by atoms with Gasteiger partial charge in [-0.1, -0.05) is 6.92 Å². The van der Waals surface area contributed by atoms with Gasteiger partial charge in [0.05, 0.1) is 25.8 Å². The van der Waals surface area contributed by atoms with Crippen molar-refractivity contribution >= 4 is 17.5 Å². The van der Waals surface area contributed by atoms with Gasteiger partial charge in [-0.2, -0.15) is 0 Å². The molecule has 1 aliphatic heterocycles. The minimum Gasteiger partial charge on any atom is -0.399 e. The fourth-order valence-electron chi connectivity index (χ4n) is 2.32. The van der Waals surface area contributed by atoms with E-state index in [1.165, 1.54) is 0 Å². The van der Waals surface area contributed by atoms with Crippen LogP contribution < -0.4 is 11.1 Å². The Morgan fingerprint density at radius 2 is 2.10 bits per heavy atom. The zero-order chi connectivity index (χ0) is 15.2. The first-order chi connectivity index (χ1) is 10.1. The second kappa shape index (κ2) is 7.08. The van der Waals surface area contributed by atoms with Gasteiger partial charge in [0.25, 0.3) is 5.91 Å². The third-order valence-electron chi connectivity index (χ3n) is 3.59. The minimum atomic E-state index is -0.273. The molecule has 2 amide bonds. The van der Waals surface area contributed by atoms with Crippen LogP contribution in [0, 0.1) is 0 Å². The van der Waals surface area contributed by atoms with Crippen LogP contribution in [0.5, 0.6) is 0 Å². The standard InChI is InChI=1S/C15H21N3O3/c1-2-13-10-21-8-7-18(13)14(19)9-17-15(20)11-3-5-12(16)6-4-11/h3-6,13H,2,7-10,16H2,1H3,(H,17,20). The number of nitrogens with one attached hydrogen (secondary N) is 1. The number of anilines is 1. The van der Waals surface area contributed by atoms with Gasteiger partial charge in [0.2, 0.25) is 5.91 Å². The average molecular weight is 291 g/mol. The lowest BCUT2D eigenvalue weighted by molar-refractivity contribution is -0.138. The highest BCUT2D eigenvalue weighted by Gasteiger charge is 2.25. The van der Waals surface area contributed by atoms with Gasteiger partial charge >= 0.3 is 0 Å². The molecule has 0 aromatic heterocycles. The van der Waals surface area contributed by atoms with Crippen molar-refractivity contribution in [2.45, 2.75) is 19.4 Å². The molecule has 0 saturated carbocycles. The van der Waals surface area contributed by atoms with Crippen LogP contribution in [0.15, 0.2) is 24.3 Å². The summed E-state index contributed by atoms with van der Waals surface area (Å²) in [4.78, 5) is 25.9. The molecule has 0 bridgehead atoms. The Hall–Kier alpha value is -2.08. The Balaban J connectivity index is 1.88. The van der Waals surface area contributed by atoms with E-state index in [9.17, 15) is 9.59 Å². The number of benzene rings is 1. The Morgan fingerprint density at radius 1 is 1.38 bits per heavy atom. The first-order valence-electron chi connectivity index (χ1n) is 7.12. The monoisotopic (exact) mass is 291 g/mol. The van der Waals surface area contributed by atoms with E-state index in [0.29, 0.717) is 31.0 Å². The molecule has 1 saturated heterocycles. The molecule has 3 N–H and O–H groups in total. The smallest absolute Gasteiger partial charge is 0.251 e. The Kier molecular flexibility index (Phi) is 5.16. The van der Waals surface area contributed by atoms with Gasteiger partial charge in [0.1, 0.15) is 0 Å². The van der Waals surface area contributed by atoms with Crippen molar-refractivity contribution in [1.82, 2.24) is 10.2 Å². The second-order valence-corrected chi connectivity index (χ2v) is 5.03. The molecule has 1 aromatic carbocycles. The molecule has 6 nitrogen and oxygen atoms in total. The van der Waals surface area contributed by atoms with Crippen molar-refractivity contribution in [1.29, 1.82) is 0 Å². The second-order valence-electron chi connectivity index (χ2n) is 5.03. The van der Waals surface area contributed by atoms with Gasteiger partial charge < -0.3 is 20.7 Å². The van der Waals surface area contributed by atoms with Crippen molar-refractivity contribution in [3.63, 3.8) is 0 Å². The number of rotatable bonds is 4. The van der Waals surface area contributed by atoms with Gasteiger partial charge in [0, 0.05) is 17.8 Å². The summed E-state index contributed by atoms with van der Waals surface area (Å²) in [6, 6.07) is 6.69. The van der Waals surface area contributed by atoms with E-state index in [1.54, 1.807) is 29.2 Å². The van der Waals surface area contributed by atoms with E-state index >= 15 is 0 Å². The van der Waals surface area contributed by atoms with Crippen LogP contribution in [0.25, 0.3) is 0 Å². The van der Waals surface area contributed by atoms with Crippen molar-refractivity contribution < 1.29 is 14.3 Å². The Morgan fingerprint density at radius 3 is 2.76 bits per heavy atom. The van der Waals surface area contributed by atoms with Gasteiger partial charge in [-0.25, -0.2) is 0 Å². The highest BCUT2D eigenvalue weighted by Crippen LogP contribution is 2.10. The largest absolute Gasteiger partial charge is 0.399 e. The lowest BCUT2D eigenvalue weighted by atomic mass is 10.1. The topological polar surface area (TPSA) is 84.7 Å². The molecular weight excluding hydrogens is 270 g/mol. The molecule has 114 valence electrons. The van der Waals surface area contributed by atoms with E-state index in [-0.39, 0.29) is 24.4 Å². The van der Waals surface area contributed by atoms with E-state index < -0.39 is 0 Å². The van der Waals surface area contributed by atoms with Crippen LogP contribution >= 0.6 is 0 Å². The summed E-state index contributed by atoms with van der Waals surface area (Å²) >= 11 is 0. The SMILES string of the molecule is CCC1COCCN1C(=O)CNC(=O)c1ccc(N)cc1. The predicted molar refractivity (Wildman–Crippen MR) is 79.8 cm³/mol. The molecule has 21 heavy (non-hydrogen) atoms. The molecule has 1 aromatic rings. The highest BCUT2D eigenvalue weighted by atomic mass is 16.5. The van der Waals surface area contributed by atoms with E-state index in [1.807, 2.05) is 6.92 Å². The number of carbonyl (C=O) groups excluding carboxylic acids is 2. The molecule has 1 unspecified atom stereocenters. The molecule has 0 radical (unpaired) electrons. The maximum atomic E-state index is 12.2. The summed E-state index contributed by atoms with van der Waals surface area (Å²) in [5.74, 6) is -0.349. The molecule has 1 aliphatic rings. The number of hydrogen-bond acceptors (Lipinski definition) is 4. The van der Waals surface area contributed by atoms with Crippen molar-refractivity contribution in [2.75, 3.05) is 32.0 Å². The third-order valence-corrected chi connectivity index (χ3v) is 3.59. The lowest BCUT2D eigenvalue weighted by Gasteiger charge is -2.35. The number of amides is 2. The van der Waals surface area contributed by atoms with Gasteiger partial charge in [-0.3, -0.25) is 9.59 Å². The third kappa shape index (κ3) is 3.95. The first-order valence-corrected chi connectivity index (χ1v) is 7.12. The van der Waals surface area contributed by atoms with Crippen molar-refractivity contribution in [2.24, 2.45) is 0 Å². The summed E-state index contributed by atoms with van der Waals surface area (Å²) in [6.45, 7) is 3.71. The summed E-state index contributed by atoms with van der Waals surface area (Å²) < 4.78 is 5.37. The summed E-state index contributed by atoms with van der Waals surface area (Å²) in [5, 5.41) is 2.65. The number of nitrogens with zero attached hydrogens (tertiary/aromatic N) is 1. The van der Waals surface area contributed by atoms with Gasteiger partial charge in [0.15, 0.2) is 0 Å². The molecule has 1 heterocycles. The van der Waals surface area contributed by atoms with Gasteiger partial charge in [-0.15, -0.1) is 0 Å². The maximum absolute atomic E-state index is 12.2. The molecule has 6 heteroatoms. The number of morpholine rings is 1. The normalized spacial score (nSPS) is 18.3. The number of nitrogens with two attached hydrogens (primary N) is 1. The number of hydrogen-bond donors (Lipinski definition) is 2. The van der Waals surface area contributed by atoms with E-state index in [0.717, 1.165) is 6.42 Å². The van der Waals surface area contributed by atoms with Crippen LogP contribution in [0.1, 0.15) is 23.7 Å². The average Bonchev–Trinajstić information content (AvgIpc) is 2.52. The number of ether oxygens (including phenoxy) is 1. The highest BCUT2D eigenvalue weighted by molar-refractivity contribution is 5.96. The van der Waals surface area contributed by atoms with E-state index in [2.05, 4.69) is 5.32 Å². The molecule has 0 spiro atoms. The summed E-state index contributed by atoms with van der Waals surface area (Å²) in [7, 11) is 0. The fourth-order valence-corrected chi connectivity index (χ4v) is 2.32. The molecule has 1 fully saturated rings. The van der Waals surface area contributed by atoms with Crippen LogP contribution in [-0.2, 0) is 9.53 Å². The van der Waals surface area contributed by atoms with Crippen LogP contribution in [0.4, 0.5) is 5.69 Å². The van der Waals surface area contributed by atoms with Crippen molar-refractivity contribution in [3.05, 3.63) is 29.8 Å². The van der Waals surface area contributed by atoms with Crippen LogP contribution in [-0.4, -0.2) is 49.1 Å². The Labute approximate surface area is 124 Å². The predicted octanol–water partition coefficient (Wildman–Crippen LogP) is 0.636. The number of nitrogen functional groups attached to an aromatic ring is 1. The molecule has 2 rings (SSSR count). The van der Waals surface area contributed by atoms with Gasteiger partial charge in [-0.05, 0) is 30.7 Å². The van der Waals surface area contributed by atoms with E-state index in [4.69, 9.17) is 10.5 Å². The van der Waals surface area contributed by atoms with Crippen molar-refractivity contribution in [3.8, 4) is 0 Å².